The summed E-state index contributed by atoms with van der Waals surface area (Å²) in [6.07, 6.45) is 3.72. The molecule has 0 saturated heterocycles. The third-order valence-electron chi connectivity index (χ3n) is 3.12. The molecule has 3 rings (SSSR count). The molecule has 2 aromatic rings. The standard InChI is InChI=1S/C13H16N4O2/c1-17-8-10(7-15-17)13(16-14)9-2-3-11-12(6-9)19-5-4-18-11/h2-3,6-8,13,16H,4-5,14H2,1H3. The van der Waals surface area contributed by atoms with Gasteiger partial charge in [0.1, 0.15) is 13.2 Å². The van der Waals surface area contributed by atoms with Crippen molar-refractivity contribution in [3.05, 3.63) is 41.7 Å². The first kappa shape index (κ1) is 12.0. The number of nitrogens with zero attached hydrogens (tertiary/aromatic N) is 2. The fraction of sp³-hybridized carbons (Fsp3) is 0.308. The summed E-state index contributed by atoms with van der Waals surface area (Å²) in [5.74, 6) is 7.20. The van der Waals surface area contributed by atoms with Gasteiger partial charge >= 0.3 is 0 Å². The molecule has 0 spiro atoms. The van der Waals surface area contributed by atoms with Crippen molar-refractivity contribution in [2.75, 3.05) is 13.2 Å². The smallest absolute Gasteiger partial charge is 0.161 e. The van der Waals surface area contributed by atoms with E-state index >= 15 is 0 Å². The number of aryl methyl sites for hydroxylation is 1. The van der Waals surface area contributed by atoms with Gasteiger partial charge in [-0.3, -0.25) is 10.5 Å². The maximum Gasteiger partial charge on any atom is 0.161 e. The number of rotatable bonds is 3. The number of fused-ring (bicyclic) bond motifs is 1. The first-order valence-electron chi connectivity index (χ1n) is 6.12. The molecule has 0 amide bonds. The Kier molecular flexibility index (Phi) is 3.10. The van der Waals surface area contributed by atoms with Gasteiger partial charge in [0.05, 0.1) is 12.2 Å². The van der Waals surface area contributed by atoms with Crippen LogP contribution in [0.15, 0.2) is 30.6 Å². The number of hydrogen-bond donors (Lipinski definition) is 2. The van der Waals surface area contributed by atoms with E-state index in [0.29, 0.717) is 13.2 Å². The van der Waals surface area contributed by atoms with Gasteiger partial charge < -0.3 is 9.47 Å². The number of nitrogens with two attached hydrogens (primary N) is 1. The Hall–Kier alpha value is -2.05. The Labute approximate surface area is 111 Å². The van der Waals surface area contributed by atoms with Crippen molar-refractivity contribution in [1.82, 2.24) is 15.2 Å². The predicted molar refractivity (Wildman–Crippen MR) is 69.8 cm³/mol. The van der Waals surface area contributed by atoms with Crippen molar-refractivity contribution in [3.8, 4) is 11.5 Å². The molecule has 0 fully saturated rings. The molecule has 1 aromatic carbocycles. The number of hydrazine groups is 1. The van der Waals surface area contributed by atoms with Crippen LogP contribution in [0.1, 0.15) is 17.2 Å². The van der Waals surface area contributed by atoms with Crippen molar-refractivity contribution in [2.45, 2.75) is 6.04 Å². The second-order valence-electron chi connectivity index (χ2n) is 4.45. The highest BCUT2D eigenvalue weighted by Crippen LogP contribution is 2.33. The third-order valence-corrected chi connectivity index (χ3v) is 3.12. The lowest BCUT2D eigenvalue weighted by molar-refractivity contribution is 0.171. The highest BCUT2D eigenvalue weighted by Gasteiger charge is 2.18. The molecule has 6 nitrogen and oxygen atoms in total. The second kappa shape index (κ2) is 4.91. The van der Waals surface area contributed by atoms with Gasteiger partial charge in [-0.15, -0.1) is 0 Å². The topological polar surface area (TPSA) is 74.3 Å². The summed E-state index contributed by atoms with van der Waals surface area (Å²) < 4.78 is 12.8. The Morgan fingerprint density at radius 2 is 2.05 bits per heavy atom. The summed E-state index contributed by atoms with van der Waals surface area (Å²) >= 11 is 0. The molecular weight excluding hydrogens is 244 g/mol. The van der Waals surface area contributed by atoms with E-state index in [0.717, 1.165) is 22.6 Å². The third kappa shape index (κ3) is 2.27. The van der Waals surface area contributed by atoms with E-state index < -0.39 is 0 Å². The van der Waals surface area contributed by atoms with Gasteiger partial charge in [-0.05, 0) is 17.7 Å². The molecule has 1 aliphatic rings. The summed E-state index contributed by atoms with van der Waals surface area (Å²) in [6.45, 7) is 1.16. The predicted octanol–water partition coefficient (Wildman–Crippen LogP) is 0.744. The molecular formula is C13H16N4O2. The normalized spacial score (nSPS) is 15.3. The Balaban J connectivity index is 1.95. The van der Waals surface area contributed by atoms with Crippen molar-refractivity contribution < 1.29 is 9.47 Å². The Morgan fingerprint density at radius 1 is 1.26 bits per heavy atom. The number of hydrogen-bond acceptors (Lipinski definition) is 5. The van der Waals surface area contributed by atoms with Gasteiger partial charge in [-0.2, -0.15) is 5.10 Å². The van der Waals surface area contributed by atoms with Gasteiger partial charge in [0, 0.05) is 18.8 Å². The molecule has 100 valence electrons. The maximum atomic E-state index is 5.66. The number of nitrogens with one attached hydrogen (secondary N) is 1. The van der Waals surface area contributed by atoms with Gasteiger partial charge in [-0.1, -0.05) is 6.07 Å². The maximum absolute atomic E-state index is 5.66. The molecule has 1 unspecified atom stereocenters. The van der Waals surface area contributed by atoms with Crippen molar-refractivity contribution in [1.29, 1.82) is 0 Å². The first-order valence-corrected chi connectivity index (χ1v) is 6.12. The van der Waals surface area contributed by atoms with Crippen molar-refractivity contribution in [2.24, 2.45) is 12.9 Å². The minimum atomic E-state index is -0.121. The van der Waals surface area contributed by atoms with Crippen LogP contribution in [0.25, 0.3) is 0 Å². The fourth-order valence-electron chi connectivity index (χ4n) is 2.21. The molecule has 0 bridgehead atoms. The quantitative estimate of drug-likeness (QED) is 0.629. The van der Waals surface area contributed by atoms with Gasteiger partial charge in [0.25, 0.3) is 0 Å². The minimum Gasteiger partial charge on any atom is -0.486 e. The SMILES string of the molecule is Cn1cc(C(NN)c2ccc3c(c2)OCCO3)cn1. The minimum absolute atomic E-state index is 0.121. The van der Waals surface area contributed by atoms with E-state index in [1.165, 1.54) is 0 Å². The van der Waals surface area contributed by atoms with Crippen LogP contribution in [0.4, 0.5) is 0 Å². The van der Waals surface area contributed by atoms with E-state index in [1.807, 2.05) is 31.4 Å². The average molecular weight is 260 g/mol. The molecule has 1 aromatic heterocycles. The number of benzene rings is 1. The average Bonchev–Trinajstić information content (AvgIpc) is 2.86. The highest BCUT2D eigenvalue weighted by atomic mass is 16.6. The Bertz CT molecular complexity index is 582. The summed E-state index contributed by atoms with van der Waals surface area (Å²) in [5, 5.41) is 4.16. The van der Waals surface area contributed by atoms with Crippen LogP contribution >= 0.6 is 0 Å². The lowest BCUT2D eigenvalue weighted by atomic mass is 10.0. The molecule has 2 heterocycles. The molecule has 0 aliphatic carbocycles. The zero-order valence-corrected chi connectivity index (χ0v) is 10.7. The summed E-state index contributed by atoms with van der Waals surface area (Å²) in [5.41, 5.74) is 4.82. The van der Waals surface area contributed by atoms with Crippen LogP contribution in [-0.2, 0) is 7.05 Å². The number of ether oxygens (including phenoxy) is 2. The van der Waals surface area contributed by atoms with E-state index in [4.69, 9.17) is 15.3 Å². The van der Waals surface area contributed by atoms with Crippen LogP contribution in [0, 0.1) is 0 Å². The van der Waals surface area contributed by atoms with E-state index in [1.54, 1.807) is 10.9 Å². The van der Waals surface area contributed by atoms with Crippen molar-refractivity contribution in [3.63, 3.8) is 0 Å². The van der Waals surface area contributed by atoms with Gasteiger partial charge in [0.2, 0.25) is 0 Å². The summed E-state index contributed by atoms with van der Waals surface area (Å²) in [7, 11) is 1.88. The van der Waals surface area contributed by atoms with Crippen molar-refractivity contribution >= 4 is 0 Å². The zero-order valence-electron chi connectivity index (χ0n) is 10.7. The van der Waals surface area contributed by atoms with Gasteiger partial charge in [0.15, 0.2) is 11.5 Å². The van der Waals surface area contributed by atoms with E-state index in [2.05, 4.69) is 10.5 Å². The van der Waals surface area contributed by atoms with Gasteiger partial charge in [-0.25, -0.2) is 5.43 Å². The number of aromatic nitrogens is 2. The summed E-state index contributed by atoms with van der Waals surface area (Å²) in [4.78, 5) is 0. The molecule has 19 heavy (non-hydrogen) atoms. The van der Waals surface area contributed by atoms with Crippen LogP contribution in [0.5, 0.6) is 11.5 Å². The fourth-order valence-corrected chi connectivity index (χ4v) is 2.21. The Morgan fingerprint density at radius 3 is 2.74 bits per heavy atom. The van der Waals surface area contributed by atoms with Crippen LogP contribution in [-0.4, -0.2) is 23.0 Å². The lowest BCUT2D eigenvalue weighted by Gasteiger charge is -2.21. The molecule has 0 saturated carbocycles. The summed E-state index contributed by atoms with van der Waals surface area (Å²) in [6, 6.07) is 5.71. The largest absolute Gasteiger partial charge is 0.486 e. The highest BCUT2D eigenvalue weighted by molar-refractivity contribution is 5.46. The molecule has 3 N–H and O–H groups in total. The first-order chi connectivity index (χ1) is 9.28. The molecule has 0 radical (unpaired) electrons. The van der Waals surface area contributed by atoms with Crippen LogP contribution < -0.4 is 20.7 Å². The zero-order chi connectivity index (χ0) is 13.2. The molecule has 6 heteroatoms. The van der Waals surface area contributed by atoms with E-state index in [9.17, 15) is 0 Å². The van der Waals surface area contributed by atoms with E-state index in [-0.39, 0.29) is 6.04 Å². The van der Waals surface area contributed by atoms with Crippen LogP contribution in [0.2, 0.25) is 0 Å². The molecule has 1 atom stereocenters. The van der Waals surface area contributed by atoms with Crippen LogP contribution in [0.3, 0.4) is 0 Å². The lowest BCUT2D eigenvalue weighted by Crippen LogP contribution is -2.28. The molecule has 1 aliphatic heterocycles. The second-order valence-corrected chi connectivity index (χ2v) is 4.45. The monoisotopic (exact) mass is 260 g/mol.